The summed E-state index contributed by atoms with van der Waals surface area (Å²) < 4.78 is 11.3. The van der Waals surface area contributed by atoms with Gasteiger partial charge in [0.1, 0.15) is 11.4 Å². The molecule has 2 rings (SSSR count). The molecule has 1 atom stereocenters. The van der Waals surface area contributed by atoms with Crippen molar-refractivity contribution in [1.29, 1.82) is 0 Å². The van der Waals surface area contributed by atoms with Gasteiger partial charge in [0, 0.05) is 17.8 Å². The maximum absolute atomic E-state index is 12.3. The van der Waals surface area contributed by atoms with Crippen molar-refractivity contribution in [2.75, 3.05) is 0 Å². The lowest BCUT2D eigenvalue weighted by Gasteiger charge is -2.24. The van der Waals surface area contributed by atoms with Gasteiger partial charge in [-0.15, -0.1) is 0 Å². The first-order valence-corrected chi connectivity index (χ1v) is 7.62. The molecule has 0 aliphatic heterocycles. The summed E-state index contributed by atoms with van der Waals surface area (Å²) in [5.41, 5.74) is -0.514. The molecule has 1 unspecified atom stereocenters. The maximum Gasteiger partial charge on any atom is 0.347 e. The van der Waals surface area contributed by atoms with E-state index in [9.17, 15) is 4.79 Å². The van der Waals surface area contributed by atoms with Crippen molar-refractivity contribution in [2.45, 2.75) is 52.2 Å². The Morgan fingerprint density at radius 2 is 2.00 bits per heavy atom. The van der Waals surface area contributed by atoms with Crippen LogP contribution in [0.25, 0.3) is 10.8 Å². The highest BCUT2D eigenvalue weighted by molar-refractivity contribution is 5.83. The highest BCUT2D eigenvalue weighted by atomic mass is 16.6. The molecule has 0 radical (unpaired) electrons. The minimum atomic E-state index is -0.585. The van der Waals surface area contributed by atoms with Crippen molar-refractivity contribution >= 4 is 16.7 Å². The number of aromatic nitrogens is 1. The van der Waals surface area contributed by atoms with E-state index < -0.39 is 11.7 Å². The lowest BCUT2D eigenvalue weighted by atomic mass is 10.1. The fourth-order valence-electron chi connectivity index (χ4n) is 2.16. The number of pyridine rings is 1. The van der Waals surface area contributed by atoms with E-state index in [1.54, 1.807) is 12.4 Å². The van der Waals surface area contributed by atoms with Gasteiger partial charge in [-0.3, -0.25) is 4.98 Å². The van der Waals surface area contributed by atoms with Crippen LogP contribution in [0.1, 0.15) is 40.5 Å². The average Bonchev–Trinajstić information content (AvgIpc) is 2.45. The van der Waals surface area contributed by atoms with Gasteiger partial charge < -0.3 is 9.47 Å². The van der Waals surface area contributed by atoms with Crippen molar-refractivity contribution in [3.63, 3.8) is 0 Å². The Bertz CT molecular complexity index is 646. The number of carbonyl (C=O) groups is 1. The third kappa shape index (κ3) is 4.45. The van der Waals surface area contributed by atoms with Gasteiger partial charge >= 0.3 is 5.97 Å². The molecule has 0 aliphatic carbocycles. The molecular weight excluding hydrogens is 278 g/mol. The summed E-state index contributed by atoms with van der Waals surface area (Å²) in [5, 5.41) is 2.08. The molecule has 0 aliphatic rings. The third-order valence-electron chi connectivity index (χ3n) is 3.11. The Morgan fingerprint density at radius 3 is 2.68 bits per heavy atom. The van der Waals surface area contributed by atoms with E-state index in [1.807, 2.05) is 52.0 Å². The van der Waals surface area contributed by atoms with Crippen molar-refractivity contribution in [2.24, 2.45) is 0 Å². The summed E-state index contributed by atoms with van der Waals surface area (Å²) in [5.74, 6) is 0.338. The molecule has 2 aromatic rings. The highest BCUT2D eigenvalue weighted by Crippen LogP contribution is 2.22. The number of nitrogens with zero attached hydrogens (tertiary/aromatic N) is 1. The Labute approximate surface area is 131 Å². The van der Waals surface area contributed by atoms with Crippen LogP contribution in [0, 0.1) is 0 Å². The van der Waals surface area contributed by atoms with Crippen LogP contribution in [0.4, 0.5) is 0 Å². The van der Waals surface area contributed by atoms with Crippen LogP contribution in [0.2, 0.25) is 0 Å². The van der Waals surface area contributed by atoms with E-state index in [4.69, 9.17) is 9.47 Å². The molecular formula is C18H23NO3. The number of hydrogen-bond acceptors (Lipinski definition) is 4. The summed E-state index contributed by atoms with van der Waals surface area (Å²) in [4.78, 5) is 16.4. The Balaban J connectivity index is 2.16. The van der Waals surface area contributed by atoms with Gasteiger partial charge in [-0.25, -0.2) is 4.79 Å². The number of ether oxygens (including phenoxy) is 2. The second kappa shape index (κ2) is 6.77. The predicted octanol–water partition coefficient (Wildman–Crippen LogP) is 4.12. The molecule has 1 aromatic heterocycles. The van der Waals surface area contributed by atoms with Gasteiger partial charge in [-0.05, 0) is 50.8 Å². The van der Waals surface area contributed by atoms with Gasteiger partial charge in [-0.2, -0.15) is 0 Å². The molecule has 22 heavy (non-hydrogen) atoms. The summed E-state index contributed by atoms with van der Waals surface area (Å²) in [6.07, 6.45) is 4.42. The molecule has 0 saturated heterocycles. The van der Waals surface area contributed by atoms with Crippen molar-refractivity contribution in [3.8, 4) is 5.75 Å². The average molecular weight is 301 g/mol. The van der Waals surface area contributed by atoms with E-state index >= 15 is 0 Å². The lowest BCUT2D eigenvalue weighted by molar-refractivity contribution is -0.163. The van der Waals surface area contributed by atoms with Gasteiger partial charge in [0.25, 0.3) is 0 Å². The minimum absolute atomic E-state index is 0.319. The van der Waals surface area contributed by atoms with E-state index in [0.29, 0.717) is 12.2 Å². The number of carbonyl (C=O) groups excluding carboxylic acids is 1. The summed E-state index contributed by atoms with van der Waals surface area (Å²) in [7, 11) is 0. The molecule has 1 heterocycles. The molecule has 4 nitrogen and oxygen atoms in total. The molecule has 0 saturated carbocycles. The first-order chi connectivity index (χ1) is 10.4. The topological polar surface area (TPSA) is 48.4 Å². The summed E-state index contributed by atoms with van der Waals surface area (Å²) in [6.45, 7) is 7.59. The van der Waals surface area contributed by atoms with Crippen LogP contribution >= 0.6 is 0 Å². The number of hydrogen-bond donors (Lipinski definition) is 0. The normalized spacial score (nSPS) is 12.9. The van der Waals surface area contributed by atoms with Crippen LogP contribution in [0.3, 0.4) is 0 Å². The van der Waals surface area contributed by atoms with E-state index in [0.717, 1.165) is 17.2 Å². The van der Waals surface area contributed by atoms with E-state index in [2.05, 4.69) is 4.98 Å². The Morgan fingerprint density at radius 1 is 1.23 bits per heavy atom. The van der Waals surface area contributed by atoms with Gasteiger partial charge in [0.05, 0.1) is 0 Å². The predicted molar refractivity (Wildman–Crippen MR) is 86.9 cm³/mol. The standard InChI is InChI=1S/C18H23NO3/c1-5-6-16(17(20)22-18(2,3)4)21-15-8-7-13-9-10-19-12-14(13)11-15/h7-12,16H,5-6H2,1-4H3. The SMILES string of the molecule is CCCC(Oc1ccc2ccncc2c1)C(=O)OC(C)(C)C. The van der Waals surface area contributed by atoms with Crippen LogP contribution in [-0.4, -0.2) is 22.7 Å². The molecule has 4 heteroatoms. The smallest absolute Gasteiger partial charge is 0.347 e. The second-order valence-electron chi connectivity index (χ2n) is 6.31. The van der Waals surface area contributed by atoms with Crippen molar-refractivity contribution in [1.82, 2.24) is 4.98 Å². The largest absolute Gasteiger partial charge is 0.479 e. The minimum Gasteiger partial charge on any atom is -0.479 e. The first kappa shape index (κ1) is 16.3. The molecule has 0 fully saturated rings. The quantitative estimate of drug-likeness (QED) is 0.779. The fraction of sp³-hybridized carbons (Fsp3) is 0.444. The van der Waals surface area contributed by atoms with Crippen LogP contribution < -0.4 is 4.74 Å². The molecule has 0 amide bonds. The van der Waals surface area contributed by atoms with Crippen molar-refractivity contribution < 1.29 is 14.3 Å². The van der Waals surface area contributed by atoms with E-state index in [1.165, 1.54) is 0 Å². The first-order valence-electron chi connectivity index (χ1n) is 7.62. The second-order valence-corrected chi connectivity index (χ2v) is 6.31. The van der Waals surface area contributed by atoms with Gasteiger partial charge in [-0.1, -0.05) is 19.4 Å². The molecule has 0 N–H and O–H groups in total. The monoisotopic (exact) mass is 301 g/mol. The Hall–Kier alpha value is -2.10. The van der Waals surface area contributed by atoms with Crippen LogP contribution in [0.5, 0.6) is 5.75 Å². The maximum atomic E-state index is 12.3. The number of fused-ring (bicyclic) bond motifs is 1. The number of rotatable bonds is 5. The zero-order chi connectivity index (χ0) is 16.2. The lowest BCUT2D eigenvalue weighted by Crippen LogP contribution is -2.35. The highest BCUT2D eigenvalue weighted by Gasteiger charge is 2.26. The zero-order valence-electron chi connectivity index (χ0n) is 13.6. The van der Waals surface area contributed by atoms with E-state index in [-0.39, 0.29) is 5.97 Å². The molecule has 118 valence electrons. The van der Waals surface area contributed by atoms with Crippen LogP contribution in [0.15, 0.2) is 36.7 Å². The Kier molecular flexibility index (Phi) is 5.01. The third-order valence-corrected chi connectivity index (χ3v) is 3.11. The van der Waals surface area contributed by atoms with Crippen LogP contribution in [-0.2, 0) is 9.53 Å². The zero-order valence-corrected chi connectivity index (χ0v) is 13.6. The van der Waals surface area contributed by atoms with Crippen molar-refractivity contribution in [3.05, 3.63) is 36.7 Å². The molecule has 1 aromatic carbocycles. The van der Waals surface area contributed by atoms with Gasteiger partial charge in [0.15, 0.2) is 6.10 Å². The number of esters is 1. The fourth-order valence-corrected chi connectivity index (χ4v) is 2.16. The molecule has 0 bridgehead atoms. The molecule has 0 spiro atoms. The van der Waals surface area contributed by atoms with Gasteiger partial charge in [0.2, 0.25) is 0 Å². The number of benzene rings is 1. The summed E-state index contributed by atoms with van der Waals surface area (Å²) in [6, 6.07) is 7.67. The summed E-state index contributed by atoms with van der Waals surface area (Å²) >= 11 is 0.